The Balaban J connectivity index is 1.55. The summed E-state index contributed by atoms with van der Waals surface area (Å²) in [4.78, 5) is 20.7. The predicted octanol–water partition coefficient (Wildman–Crippen LogP) is 3.51. The SMILES string of the molecule is Cc1ccccc1CNC(=O)c1ccnc(NCCc2ccccc2F)n1. The van der Waals surface area contributed by atoms with Crippen molar-refractivity contribution in [3.05, 3.63) is 89.0 Å². The third-order valence-electron chi connectivity index (χ3n) is 4.22. The molecule has 0 unspecified atom stereocenters. The van der Waals surface area contributed by atoms with Crippen LogP contribution in [-0.2, 0) is 13.0 Å². The molecule has 5 nitrogen and oxygen atoms in total. The number of amides is 1. The summed E-state index contributed by atoms with van der Waals surface area (Å²) in [7, 11) is 0. The molecular weight excluding hydrogens is 343 g/mol. The molecule has 1 aromatic heterocycles. The zero-order valence-corrected chi connectivity index (χ0v) is 15.1. The smallest absolute Gasteiger partial charge is 0.270 e. The summed E-state index contributed by atoms with van der Waals surface area (Å²) in [6.07, 6.45) is 2.03. The summed E-state index contributed by atoms with van der Waals surface area (Å²) in [5.41, 5.74) is 3.09. The average molecular weight is 364 g/mol. The third kappa shape index (κ3) is 5.10. The largest absolute Gasteiger partial charge is 0.354 e. The first-order valence-corrected chi connectivity index (χ1v) is 8.76. The molecular formula is C21H21FN4O. The molecule has 1 heterocycles. The first kappa shape index (κ1) is 18.5. The molecule has 3 rings (SSSR count). The van der Waals surface area contributed by atoms with E-state index in [4.69, 9.17) is 0 Å². The highest BCUT2D eigenvalue weighted by molar-refractivity contribution is 5.92. The van der Waals surface area contributed by atoms with Gasteiger partial charge in [-0.3, -0.25) is 4.79 Å². The number of nitrogens with zero attached hydrogens (tertiary/aromatic N) is 2. The Morgan fingerprint density at radius 1 is 1.04 bits per heavy atom. The first-order chi connectivity index (χ1) is 13.1. The summed E-state index contributed by atoms with van der Waals surface area (Å²) in [5, 5.41) is 5.90. The van der Waals surface area contributed by atoms with Crippen LogP contribution in [0.2, 0.25) is 0 Å². The van der Waals surface area contributed by atoms with Gasteiger partial charge in [0.15, 0.2) is 0 Å². The Hall–Kier alpha value is -3.28. The maximum Gasteiger partial charge on any atom is 0.270 e. The standard InChI is InChI=1S/C21H21FN4O/c1-15-6-2-3-8-17(15)14-25-20(27)19-11-13-24-21(26-19)23-12-10-16-7-4-5-9-18(16)22/h2-9,11,13H,10,12,14H2,1H3,(H,25,27)(H,23,24,26). The number of carbonyl (C=O) groups is 1. The van der Waals surface area contributed by atoms with Crippen molar-refractivity contribution in [3.8, 4) is 0 Å². The van der Waals surface area contributed by atoms with Gasteiger partial charge in [0.1, 0.15) is 11.5 Å². The quantitative estimate of drug-likeness (QED) is 0.673. The van der Waals surface area contributed by atoms with Crippen LogP contribution in [0.15, 0.2) is 60.8 Å². The summed E-state index contributed by atoms with van der Waals surface area (Å²) in [6.45, 7) is 2.91. The minimum atomic E-state index is -0.266. The number of halogens is 1. The lowest BCUT2D eigenvalue weighted by molar-refractivity contribution is 0.0946. The van der Waals surface area contributed by atoms with Crippen LogP contribution in [0.25, 0.3) is 0 Å². The Morgan fingerprint density at radius 3 is 2.56 bits per heavy atom. The Bertz CT molecular complexity index is 929. The van der Waals surface area contributed by atoms with E-state index >= 15 is 0 Å². The fraction of sp³-hybridized carbons (Fsp3) is 0.190. The number of hydrogen-bond donors (Lipinski definition) is 2. The predicted molar refractivity (Wildman–Crippen MR) is 103 cm³/mol. The summed E-state index contributed by atoms with van der Waals surface area (Å²) >= 11 is 0. The van der Waals surface area contributed by atoms with Crippen LogP contribution >= 0.6 is 0 Å². The van der Waals surface area contributed by atoms with Crippen molar-refractivity contribution in [2.45, 2.75) is 19.9 Å². The highest BCUT2D eigenvalue weighted by Gasteiger charge is 2.09. The van der Waals surface area contributed by atoms with Gasteiger partial charge in [0.05, 0.1) is 0 Å². The molecule has 6 heteroatoms. The van der Waals surface area contributed by atoms with Gasteiger partial charge in [0.25, 0.3) is 5.91 Å². The van der Waals surface area contributed by atoms with Crippen molar-refractivity contribution in [2.24, 2.45) is 0 Å². The second-order valence-corrected chi connectivity index (χ2v) is 6.14. The van der Waals surface area contributed by atoms with E-state index in [1.807, 2.05) is 31.2 Å². The van der Waals surface area contributed by atoms with Crippen LogP contribution in [0, 0.1) is 12.7 Å². The van der Waals surface area contributed by atoms with Gasteiger partial charge in [0.2, 0.25) is 5.95 Å². The maximum absolute atomic E-state index is 13.6. The zero-order valence-electron chi connectivity index (χ0n) is 15.1. The van der Waals surface area contributed by atoms with Gasteiger partial charge in [-0.2, -0.15) is 0 Å². The van der Waals surface area contributed by atoms with Crippen molar-refractivity contribution in [1.82, 2.24) is 15.3 Å². The van der Waals surface area contributed by atoms with Gasteiger partial charge >= 0.3 is 0 Å². The number of hydrogen-bond acceptors (Lipinski definition) is 4. The lowest BCUT2D eigenvalue weighted by Gasteiger charge is -2.09. The monoisotopic (exact) mass is 364 g/mol. The average Bonchev–Trinajstić information content (AvgIpc) is 2.69. The number of benzene rings is 2. The normalized spacial score (nSPS) is 10.4. The molecule has 3 aromatic rings. The van der Waals surface area contributed by atoms with Crippen LogP contribution in [-0.4, -0.2) is 22.4 Å². The topological polar surface area (TPSA) is 66.9 Å². The molecule has 138 valence electrons. The minimum Gasteiger partial charge on any atom is -0.354 e. The lowest BCUT2D eigenvalue weighted by Crippen LogP contribution is -2.24. The molecule has 1 amide bonds. The number of aryl methyl sites for hydroxylation is 1. The molecule has 0 saturated heterocycles. The highest BCUT2D eigenvalue weighted by atomic mass is 19.1. The summed E-state index contributed by atoms with van der Waals surface area (Å²) in [5.74, 6) is -0.155. The molecule has 0 spiro atoms. The molecule has 0 aliphatic heterocycles. The molecule has 0 aliphatic rings. The van der Waals surface area contributed by atoms with E-state index in [-0.39, 0.29) is 17.4 Å². The fourth-order valence-electron chi connectivity index (χ4n) is 2.65. The second kappa shape index (κ2) is 8.89. The summed E-state index contributed by atoms with van der Waals surface area (Å²) in [6, 6.07) is 16.1. The van der Waals surface area contributed by atoms with Gasteiger partial charge in [0, 0.05) is 19.3 Å². The number of aromatic nitrogens is 2. The van der Waals surface area contributed by atoms with Crippen molar-refractivity contribution in [2.75, 3.05) is 11.9 Å². The van der Waals surface area contributed by atoms with Gasteiger partial charge in [-0.15, -0.1) is 0 Å². The number of nitrogens with one attached hydrogen (secondary N) is 2. The van der Waals surface area contributed by atoms with Crippen molar-refractivity contribution in [3.63, 3.8) is 0 Å². The molecule has 0 atom stereocenters. The zero-order chi connectivity index (χ0) is 19.1. The number of rotatable bonds is 7. The van der Waals surface area contributed by atoms with Crippen molar-refractivity contribution < 1.29 is 9.18 Å². The van der Waals surface area contributed by atoms with E-state index in [9.17, 15) is 9.18 Å². The Labute approximate surface area is 157 Å². The number of carbonyl (C=O) groups excluding carboxylic acids is 1. The molecule has 0 aliphatic carbocycles. The molecule has 0 bridgehead atoms. The van der Waals surface area contributed by atoms with Gasteiger partial charge in [-0.1, -0.05) is 42.5 Å². The third-order valence-corrected chi connectivity index (χ3v) is 4.22. The Morgan fingerprint density at radius 2 is 1.78 bits per heavy atom. The first-order valence-electron chi connectivity index (χ1n) is 8.76. The maximum atomic E-state index is 13.6. The van der Waals surface area contributed by atoms with Gasteiger partial charge in [-0.25, -0.2) is 14.4 Å². The van der Waals surface area contributed by atoms with Crippen LogP contribution in [0.5, 0.6) is 0 Å². The van der Waals surface area contributed by atoms with E-state index in [1.54, 1.807) is 24.3 Å². The van der Waals surface area contributed by atoms with Crippen LogP contribution < -0.4 is 10.6 Å². The molecule has 27 heavy (non-hydrogen) atoms. The van der Waals surface area contributed by atoms with E-state index in [0.717, 1.165) is 11.1 Å². The van der Waals surface area contributed by atoms with Crippen molar-refractivity contribution in [1.29, 1.82) is 0 Å². The summed E-state index contributed by atoms with van der Waals surface area (Å²) < 4.78 is 13.6. The van der Waals surface area contributed by atoms with E-state index in [0.29, 0.717) is 31.0 Å². The van der Waals surface area contributed by atoms with Crippen LogP contribution in [0.1, 0.15) is 27.2 Å². The van der Waals surface area contributed by atoms with E-state index < -0.39 is 0 Å². The van der Waals surface area contributed by atoms with Gasteiger partial charge < -0.3 is 10.6 Å². The van der Waals surface area contributed by atoms with E-state index in [2.05, 4.69) is 20.6 Å². The molecule has 0 radical (unpaired) electrons. The lowest BCUT2D eigenvalue weighted by atomic mass is 10.1. The number of anilines is 1. The second-order valence-electron chi connectivity index (χ2n) is 6.14. The molecule has 0 saturated carbocycles. The highest BCUT2D eigenvalue weighted by Crippen LogP contribution is 2.09. The molecule has 2 N–H and O–H groups in total. The van der Waals surface area contributed by atoms with Crippen LogP contribution in [0.3, 0.4) is 0 Å². The minimum absolute atomic E-state index is 0.232. The molecule has 2 aromatic carbocycles. The van der Waals surface area contributed by atoms with E-state index in [1.165, 1.54) is 12.3 Å². The van der Waals surface area contributed by atoms with Crippen LogP contribution in [0.4, 0.5) is 10.3 Å². The Kier molecular flexibility index (Phi) is 6.10. The molecule has 0 fully saturated rings. The van der Waals surface area contributed by atoms with Crippen molar-refractivity contribution >= 4 is 11.9 Å². The fourth-order valence-corrected chi connectivity index (χ4v) is 2.65. The van der Waals surface area contributed by atoms with Gasteiger partial charge in [-0.05, 0) is 42.2 Å².